The van der Waals surface area contributed by atoms with E-state index in [1.54, 1.807) is 0 Å². The fourth-order valence-corrected chi connectivity index (χ4v) is 2.16. The van der Waals surface area contributed by atoms with Crippen LogP contribution in [0, 0.1) is 5.92 Å². The van der Waals surface area contributed by atoms with Crippen molar-refractivity contribution in [2.45, 2.75) is 39.5 Å². The highest BCUT2D eigenvalue weighted by Gasteiger charge is 2.20. The fourth-order valence-electron chi connectivity index (χ4n) is 2.16. The van der Waals surface area contributed by atoms with E-state index in [1.165, 1.54) is 12.1 Å². The second-order valence-corrected chi connectivity index (χ2v) is 5.01. The third kappa shape index (κ3) is 5.10. The molecule has 5 heteroatoms. The molecule has 0 aromatic heterocycles. The van der Waals surface area contributed by atoms with Crippen LogP contribution in [0.4, 0.5) is 0 Å². The smallest absolute Gasteiger partial charge is 0.309 e. The van der Waals surface area contributed by atoms with Crippen molar-refractivity contribution in [3.63, 3.8) is 0 Å². The van der Waals surface area contributed by atoms with Gasteiger partial charge >= 0.3 is 5.97 Å². The lowest BCUT2D eigenvalue weighted by Gasteiger charge is -2.14. The SMILES string of the molecule is CCCC(CCC)C(=O)OCC(=O)c1cc(O)ccc1O. The molecule has 0 radical (unpaired) electrons. The van der Waals surface area contributed by atoms with Crippen molar-refractivity contribution in [1.82, 2.24) is 0 Å². The second-order valence-electron chi connectivity index (χ2n) is 5.01. The molecule has 0 saturated carbocycles. The Bertz CT molecular complexity index is 489. The van der Waals surface area contributed by atoms with E-state index in [1.807, 2.05) is 13.8 Å². The van der Waals surface area contributed by atoms with Crippen molar-refractivity contribution in [2.75, 3.05) is 6.61 Å². The number of ketones is 1. The highest BCUT2D eigenvalue weighted by atomic mass is 16.5. The van der Waals surface area contributed by atoms with Crippen molar-refractivity contribution in [2.24, 2.45) is 5.92 Å². The van der Waals surface area contributed by atoms with E-state index < -0.39 is 12.4 Å². The largest absolute Gasteiger partial charge is 0.508 e. The minimum absolute atomic E-state index is 0.0506. The molecule has 0 atom stereocenters. The minimum Gasteiger partial charge on any atom is -0.508 e. The average molecular weight is 294 g/mol. The van der Waals surface area contributed by atoms with E-state index in [-0.39, 0.29) is 28.9 Å². The van der Waals surface area contributed by atoms with Gasteiger partial charge in [0.15, 0.2) is 6.61 Å². The fraction of sp³-hybridized carbons (Fsp3) is 0.500. The third-order valence-corrected chi connectivity index (χ3v) is 3.23. The Kier molecular flexibility index (Phi) is 6.72. The predicted molar refractivity (Wildman–Crippen MR) is 78.4 cm³/mol. The highest BCUT2D eigenvalue weighted by molar-refractivity contribution is 6.00. The first kappa shape index (κ1) is 17.0. The monoisotopic (exact) mass is 294 g/mol. The van der Waals surface area contributed by atoms with Crippen molar-refractivity contribution in [3.8, 4) is 11.5 Å². The molecule has 2 N–H and O–H groups in total. The van der Waals surface area contributed by atoms with Gasteiger partial charge in [0.1, 0.15) is 11.5 Å². The van der Waals surface area contributed by atoms with Gasteiger partial charge in [0.05, 0.1) is 11.5 Å². The van der Waals surface area contributed by atoms with Crippen LogP contribution in [0.3, 0.4) is 0 Å². The van der Waals surface area contributed by atoms with Crippen LogP contribution in [-0.2, 0) is 9.53 Å². The number of ether oxygens (including phenoxy) is 1. The highest BCUT2D eigenvalue weighted by Crippen LogP contribution is 2.23. The summed E-state index contributed by atoms with van der Waals surface area (Å²) in [5.74, 6) is -1.48. The number of carbonyl (C=O) groups excluding carboxylic acids is 2. The molecule has 0 aliphatic carbocycles. The Hall–Kier alpha value is -2.04. The number of phenols is 2. The Morgan fingerprint density at radius 1 is 1.14 bits per heavy atom. The summed E-state index contributed by atoms with van der Waals surface area (Å²) < 4.78 is 5.04. The van der Waals surface area contributed by atoms with Crippen LogP contribution in [0.5, 0.6) is 11.5 Å². The van der Waals surface area contributed by atoms with Crippen molar-refractivity contribution in [3.05, 3.63) is 23.8 Å². The van der Waals surface area contributed by atoms with Gasteiger partial charge in [-0.2, -0.15) is 0 Å². The Labute approximate surface area is 124 Å². The normalized spacial score (nSPS) is 10.6. The van der Waals surface area contributed by atoms with Crippen LogP contribution < -0.4 is 0 Å². The lowest BCUT2D eigenvalue weighted by atomic mass is 9.99. The molecule has 0 heterocycles. The molecule has 0 amide bonds. The number of benzene rings is 1. The van der Waals surface area contributed by atoms with Gasteiger partial charge in [-0.25, -0.2) is 0 Å². The number of aromatic hydroxyl groups is 2. The van der Waals surface area contributed by atoms with Crippen LogP contribution in [0.15, 0.2) is 18.2 Å². The van der Waals surface area contributed by atoms with E-state index in [2.05, 4.69) is 0 Å². The molecule has 0 saturated heterocycles. The molecule has 0 spiro atoms. The van der Waals surface area contributed by atoms with Crippen molar-refractivity contribution in [1.29, 1.82) is 0 Å². The van der Waals surface area contributed by atoms with Gasteiger partial charge in [-0.3, -0.25) is 9.59 Å². The molecular weight excluding hydrogens is 272 g/mol. The Morgan fingerprint density at radius 3 is 2.33 bits per heavy atom. The van der Waals surface area contributed by atoms with Crippen LogP contribution in [-0.4, -0.2) is 28.6 Å². The summed E-state index contributed by atoms with van der Waals surface area (Å²) in [6.07, 6.45) is 3.22. The Morgan fingerprint density at radius 2 is 1.76 bits per heavy atom. The van der Waals surface area contributed by atoms with Crippen molar-refractivity contribution >= 4 is 11.8 Å². The van der Waals surface area contributed by atoms with E-state index in [4.69, 9.17) is 4.74 Å². The van der Waals surface area contributed by atoms with Crippen LogP contribution in [0.25, 0.3) is 0 Å². The standard InChI is InChI=1S/C16H22O5/c1-3-5-11(6-4-2)16(20)21-10-15(19)13-9-12(17)7-8-14(13)18/h7-9,11,17-18H,3-6,10H2,1-2H3. The van der Waals surface area contributed by atoms with Gasteiger partial charge < -0.3 is 14.9 Å². The van der Waals surface area contributed by atoms with E-state index in [9.17, 15) is 19.8 Å². The zero-order valence-corrected chi connectivity index (χ0v) is 12.5. The maximum atomic E-state index is 11.9. The maximum absolute atomic E-state index is 11.9. The third-order valence-electron chi connectivity index (χ3n) is 3.23. The zero-order valence-electron chi connectivity index (χ0n) is 12.5. The summed E-state index contributed by atoms with van der Waals surface area (Å²) in [5.41, 5.74) is -0.0506. The molecule has 21 heavy (non-hydrogen) atoms. The molecule has 1 aromatic rings. The predicted octanol–water partition coefficient (Wildman–Crippen LogP) is 3.04. The van der Waals surface area contributed by atoms with E-state index in [0.29, 0.717) is 0 Å². The minimum atomic E-state index is -0.538. The van der Waals surface area contributed by atoms with Crippen LogP contribution >= 0.6 is 0 Å². The number of hydrogen-bond acceptors (Lipinski definition) is 5. The molecule has 0 fully saturated rings. The van der Waals surface area contributed by atoms with Gasteiger partial charge in [0.2, 0.25) is 5.78 Å². The molecule has 0 aliphatic heterocycles. The maximum Gasteiger partial charge on any atom is 0.309 e. The number of hydrogen-bond donors (Lipinski definition) is 2. The molecular formula is C16H22O5. The Balaban J connectivity index is 2.63. The molecule has 5 nitrogen and oxygen atoms in total. The topological polar surface area (TPSA) is 83.8 Å². The zero-order chi connectivity index (χ0) is 15.8. The van der Waals surface area contributed by atoms with Crippen LogP contribution in [0.1, 0.15) is 49.9 Å². The summed E-state index contributed by atoms with van der Waals surface area (Å²) in [7, 11) is 0. The number of carbonyl (C=O) groups is 2. The molecule has 116 valence electrons. The summed E-state index contributed by atoms with van der Waals surface area (Å²) in [4.78, 5) is 23.8. The lowest BCUT2D eigenvalue weighted by Crippen LogP contribution is -2.21. The van der Waals surface area contributed by atoms with Crippen molar-refractivity contribution < 1.29 is 24.5 Å². The van der Waals surface area contributed by atoms with Crippen LogP contribution in [0.2, 0.25) is 0 Å². The van der Waals surface area contributed by atoms with Gasteiger partial charge in [-0.15, -0.1) is 0 Å². The van der Waals surface area contributed by atoms with Gasteiger partial charge in [0.25, 0.3) is 0 Å². The molecule has 1 aromatic carbocycles. The molecule has 0 bridgehead atoms. The first-order valence-corrected chi connectivity index (χ1v) is 7.21. The summed E-state index contributed by atoms with van der Waals surface area (Å²) >= 11 is 0. The summed E-state index contributed by atoms with van der Waals surface area (Å²) in [5, 5.41) is 18.9. The number of esters is 1. The van der Waals surface area contributed by atoms with Gasteiger partial charge in [0, 0.05) is 0 Å². The number of Topliss-reactive ketones (excluding diaryl/α,β-unsaturated/α-hetero) is 1. The van der Waals surface area contributed by atoms with Gasteiger partial charge in [-0.1, -0.05) is 26.7 Å². The molecule has 0 aliphatic rings. The quantitative estimate of drug-likeness (QED) is 0.437. The first-order valence-electron chi connectivity index (χ1n) is 7.21. The second kappa shape index (κ2) is 8.29. The lowest BCUT2D eigenvalue weighted by molar-refractivity contribution is -0.147. The average Bonchev–Trinajstić information content (AvgIpc) is 2.46. The number of rotatable bonds is 8. The number of phenolic OH excluding ortho intramolecular Hbond substituents is 2. The summed E-state index contributed by atoms with van der Waals surface area (Å²) in [6, 6.07) is 3.65. The first-order chi connectivity index (χ1) is 9.99. The van der Waals surface area contributed by atoms with E-state index in [0.717, 1.165) is 31.7 Å². The molecule has 1 rings (SSSR count). The summed E-state index contributed by atoms with van der Waals surface area (Å²) in [6.45, 7) is 3.55. The molecule has 0 unspecified atom stereocenters. The van der Waals surface area contributed by atoms with E-state index >= 15 is 0 Å². The van der Waals surface area contributed by atoms with Gasteiger partial charge in [-0.05, 0) is 31.0 Å².